The molecule has 1 unspecified atom stereocenters. The van der Waals surface area contributed by atoms with E-state index in [0.29, 0.717) is 17.5 Å². The summed E-state index contributed by atoms with van der Waals surface area (Å²) < 4.78 is 6.76. The van der Waals surface area contributed by atoms with E-state index in [1.54, 1.807) is 6.07 Å². The number of carbonyl (C=O) groups is 1. The van der Waals surface area contributed by atoms with Crippen molar-refractivity contribution >= 4 is 16.8 Å². The van der Waals surface area contributed by atoms with Crippen molar-refractivity contribution in [2.24, 2.45) is 0 Å². The molecule has 0 spiro atoms. The highest BCUT2D eigenvalue weighted by Crippen LogP contribution is 2.17. The molecule has 0 saturated carbocycles. The van der Waals surface area contributed by atoms with Crippen molar-refractivity contribution < 1.29 is 9.53 Å². The van der Waals surface area contributed by atoms with Gasteiger partial charge in [0.05, 0.1) is 29.9 Å². The van der Waals surface area contributed by atoms with Crippen LogP contribution in [0.25, 0.3) is 10.9 Å². The minimum atomic E-state index is -0.243. The number of benzene rings is 2. The number of rotatable bonds is 6. The van der Waals surface area contributed by atoms with Crippen LogP contribution >= 0.6 is 0 Å². The van der Waals surface area contributed by atoms with E-state index in [2.05, 4.69) is 10.3 Å². The van der Waals surface area contributed by atoms with Crippen LogP contribution in [0.15, 0.2) is 53.6 Å². The normalized spacial score (nSPS) is 12.0. The van der Waals surface area contributed by atoms with Gasteiger partial charge in [0.15, 0.2) is 0 Å². The summed E-state index contributed by atoms with van der Waals surface area (Å²) in [5.74, 6) is 0.552. The summed E-state index contributed by atoms with van der Waals surface area (Å²) in [6, 6.07) is 12.9. The van der Waals surface area contributed by atoms with E-state index in [0.717, 1.165) is 16.9 Å². The monoisotopic (exact) mass is 365 g/mol. The molecule has 1 N–H and O–H groups in total. The first-order valence-corrected chi connectivity index (χ1v) is 8.96. The molecule has 0 aliphatic rings. The maximum absolute atomic E-state index is 12.6. The molecule has 0 radical (unpaired) electrons. The topological polar surface area (TPSA) is 73.2 Å². The van der Waals surface area contributed by atoms with Gasteiger partial charge in [0.25, 0.3) is 5.56 Å². The van der Waals surface area contributed by atoms with Crippen LogP contribution in [0.2, 0.25) is 0 Å². The Labute approximate surface area is 157 Å². The number of aryl methyl sites for hydroxylation is 1. The predicted molar refractivity (Wildman–Crippen MR) is 105 cm³/mol. The second kappa shape index (κ2) is 8.03. The van der Waals surface area contributed by atoms with E-state index in [-0.39, 0.29) is 24.1 Å². The zero-order valence-electron chi connectivity index (χ0n) is 15.7. The number of hydrogen-bond acceptors (Lipinski definition) is 4. The summed E-state index contributed by atoms with van der Waals surface area (Å²) in [4.78, 5) is 29.3. The molecule has 140 valence electrons. The van der Waals surface area contributed by atoms with Crippen molar-refractivity contribution in [2.45, 2.75) is 33.4 Å². The van der Waals surface area contributed by atoms with Crippen molar-refractivity contribution in [3.8, 4) is 5.75 Å². The fraction of sp³-hybridized carbons (Fsp3) is 0.286. The third-order valence-corrected chi connectivity index (χ3v) is 4.44. The van der Waals surface area contributed by atoms with Crippen LogP contribution in [0.1, 0.15) is 31.0 Å². The molecule has 1 atom stereocenters. The molecular formula is C21H23N3O3. The Balaban J connectivity index is 1.71. The molecule has 0 aliphatic carbocycles. The van der Waals surface area contributed by atoms with Gasteiger partial charge >= 0.3 is 0 Å². The molecule has 3 rings (SSSR count). The smallest absolute Gasteiger partial charge is 0.261 e. The minimum absolute atomic E-state index is 0.0723. The van der Waals surface area contributed by atoms with E-state index in [9.17, 15) is 9.59 Å². The number of amides is 1. The van der Waals surface area contributed by atoms with Crippen molar-refractivity contribution in [2.75, 3.05) is 6.61 Å². The summed E-state index contributed by atoms with van der Waals surface area (Å²) in [6.07, 6.45) is 1.43. The first-order valence-electron chi connectivity index (χ1n) is 8.96. The van der Waals surface area contributed by atoms with Crippen molar-refractivity contribution in [3.05, 3.63) is 70.3 Å². The molecule has 1 aromatic heterocycles. The molecule has 1 amide bonds. The summed E-state index contributed by atoms with van der Waals surface area (Å²) in [5.41, 5.74) is 2.35. The zero-order valence-corrected chi connectivity index (χ0v) is 15.7. The van der Waals surface area contributed by atoms with Gasteiger partial charge in [-0.25, -0.2) is 4.98 Å². The highest BCUT2D eigenvalue weighted by molar-refractivity contribution is 5.81. The molecule has 0 fully saturated rings. The van der Waals surface area contributed by atoms with Crippen molar-refractivity contribution in [3.63, 3.8) is 0 Å². The third-order valence-electron chi connectivity index (χ3n) is 4.44. The zero-order chi connectivity index (χ0) is 19.4. The van der Waals surface area contributed by atoms with Gasteiger partial charge in [-0.15, -0.1) is 0 Å². The van der Waals surface area contributed by atoms with E-state index in [4.69, 9.17) is 4.74 Å². The largest absolute Gasteiger partial charge is 0.494 e. The Morgan fingerprint density at radius 1 is 1.22 bits per heavy atom. The highest BCUT2D eigenvalue weighted by Gasteiger charge is 2.12. The Hall–Kier alpha value is -3.15. The average Bonchev–Trinajstić information content (AvgIpc) is 2.65. The summed E-state index contributed by atoms with van der Waals surface area (Å²) in [6.45, 7) is 6.28. The van der Waals surface area contributed by atoms with Gasteiger partial charge in [0, 0.05) is 0 Å². The molecule has 6 nitrogen and oxygen atoms in total. The molecule has 0 bridgehead atoms. The standard InChI is InChI=1S/C21H23N3O3/c1-4-27-17-10-8-16(9-11-17)15(3)23-19(25)12-24-13-22-20-14(2)6-5-7-18(20)21(24)26/h5-11,13,15H,4,12H2,1-3H3,(H,23,25). The third kappa shape index (κ3) is 4.16. The van der Waals surface area contributed by atoms with Gasteiger partial charge in [0.2, 0.25) is 5.91 Å². The van der Waals surface area contributed by atoms with Crippen LogP contribution in [-0.4, -0.2) is 22.1 Å². The molecule has 2 aromatic carbocycles. The first kappa shape index (κ1) is 18.6. The second-order valence-corrected chi connectivity index (χ2v) is 6.44. The fourth-order valence-electron chi connectivity index (χ4n) is 2.99. The van der Waals surface area contributed by atoms with E-state index in [1.165, 1.54) is 10.9 Å². The lowest BCUT2D eigenvalue weighted by Crippen LogP contribution is -2.34. The van der Waals surface area contributed by atoms with Gasteiger partial charge in [-0.05, 0) is 50.1 Å². The molecule has 0 aliphatic heterocycles. The molecule has 27 heavy (non-hydrogen) atoms. The molecule has 3 aromatic rings. The second-order valence-electron chi connectivity index (χ2n) is 6.44. The van der Waals surface area contributed by atoms with Crippen LogP contribution in [-0.2, 0) is 11.3 Å². The molecular weight excluding hydrogens is 342 g/mol. The maximum atomic E-state index is 12.6. The highest BCUT2D eigenvalue weighted by atomic mass is 16.5. The van der Waals surface area contributed by atoms with Crippen LogP contribution in [0.3, 0.4) is 0 Å². The quantitative estimate of drug-likeness (QED) is 0.729. The van der Waals surface area contributed by atoms with E-state index < -0.39 is 0 Å². The van der Waals surface area contributed by atoms with Gasteiger partial charge in [-0.3, -0.25) is 14.2 Å². The van der Waals surface area contributed by atoms with Crippen molar-refractivity contribution in [1.29, 1.82) is 0 Å². The van der Waals surface area contributed by atoms with E-state index >= 15 is 0 Å². The van der Waals surface area contributed by atoms with Gasteiger partial charge < -0.3 is 10.1 Å². The number of hydrogen-bond donors (Lipinski definition) is 1. The van der Waals surface area contributed by atoms with Gasteiger partial charge in [-0.1, -0.05) is 24.3 Å². The van der Waals surface area contributed by atoms with Gasteiger partial charge in [0.1, 0.15) is 12.3 Å². The lowest BCUT2D eigenvalue weighted by atomic mass is 10.1. The molecule has 6 heteroatoms. The average molecular weight is 365 g/mol. The number of ether oxygens (including phenoxy) is 1. The number of carbonyl (C=O) groups excluding carboxylic acids is 1. The minimum Gasteiger partial charge on any atom is -0.494 e. The number of fused-ring (bicyclic) bond motifs is 1. The Morgan fingerprint density at radius 3 is 2.67 bits per heavy atom. The molecule has 0 saturated heterocycles. The predicted octanol–water partition coefficient (Wildman–Crippen LogP) is 2.98. The Kier molecular flexibility index (Phi) is 5.54. The van der Waals surface area contributed by atoms with Crippen LogP contribution in [0, 0.1) is 6.92 Å². The van der Waals surface area contributed by atoms with Crippen LogP contribution in [0.5, 0.6) is 5.75 Å². The lowest BCUT2D eigenvalue weighted by molar-refractivity contribution is -0.122. The summed E-state index contributed by atoms with van der Waals surface area (Å²) >= 11 is 0. The summed E-state index contributed by atoms with van der Waals surface area (Å²) in [7, 11) is 0. The Morgan fingerprint density at radius 2 is 1.96 bits per heavy atom. The number of nitrogens with zero attached hydrogens (tertiary/aromatic N) is 2. The maximum Gasteiger partial charge on any atom is 0.261 e. The van der Waals surface area contributed by atoms with Crippen molar-refractivity contribution in [1.82, 2.24) is 14.9 Å². The van der Waals surface area contributed by atoms with Crippen LogP contribution < -0.4 is 15.6 Å². The number of nitrogens with one attached hydrogen (secondary N) is 1. The SMILES string of the molecule is CCOc1ccc(C(C)NC(=O)Cn2cnc3c(C)cccc3c2=O)cc1. The fourth-order valence-corrected chi connectivity index (χ4v) is 2.99. The first-order chi connectivity index (χ1) is 13.0. The molecule has 1 heterocycles. The number of aromatic nitrogens is 2. The lowest BCUT2D eigenvalue weighted by Gasteiger charge is -2.15. The van der Waals surface area contributed by atoms with Crippen LogP contribution in [0.4, 0.5) is 0 Å². The van der Waals surface area contributed by atoms with Gasteiger partial charge in [-0.2, -0.15) is 0 Å². The summed E-state index contributed by atoms with van der Waals surface area (Å²) in [5, 5.41) is 3.43. The van der Waals surface area contributed by atoms with E-state index in [1.807, 2.05) is 57.2 Å². The Bertz CT molecular complexity index is 1010. The number of para-hydroxylation sites is 1.